The predicted molar refractivity (Wildman–Crippen MR) is 84.4 cm³/mol. The lowest BCUT2D eigenvalue weighted by atomic mass is 10.1. The van der Waals surface area contributed by atoms with Crippen LogP contribution in [0.5, 0.6) is 0 Å². The van der Waals surface area contributed by atoms with Gasteiger partial charge in [-0.25, -0.2) is 8.96 Å². The van der Waals surface area contributed by atoms with E-state index in [0.717, 1.165) is 0 Å². The summed E-state index contributed by atoms with van der Waals surface area (Å²) in [4.78, 5) is 15.0. The van der Waals surface area contributed by atoms with Gasteiger partial charge in [-0.2, -0.15) is 0 Å². The molecule has 0 aliphatic carbocycles. The van der Waals surface area contributed by atoms with Gasteiger partial charge in [0.25, 0.3) is 5.90 Å². The van der Waals surface area contributed by atoms with Crippen molar-refractivity contribution in [1.82, 2.24) is 0 Å². The van der Waals surface area contributed by atoms with E-state index in [1.165, 1.54) is 18.2 Å². The quantitative estimate of drug-likeness (QED) is 0.352. The van der Waals surface area contributed by atoms with E-state index >= 15 is 0 Å². The summed E-state index contributed by atoms with van der Waals surface area (Å²) in [6.45, 7) is 7.45. The van der Waals surface area contributed by atoms with E-state index in [9.17, 15) is 13.8 Å². The van der Waals surface area contributed by atoms with E-state index in [-0.39, 0.29) is 24.0 Å². The summed E-state index contributed by atoms with van der Waals surface area (Å²) in [5, 5.41) is 3.64. The zero-order valence-corrected chi connectivity index (χ0v) is 14.2. The Hall–Kier alpha value is -1.39. The molecule has 0 saturated heterocycles. The highest BCUT2D eigenvalue weighted by atomic mass is 31.2. The maximum absolute atomic E-state index is 13.9. The summed E-state index contributed by atoms with van der Waals surface area (Å²) in [5.74, 6) is -0.682. The summed E-state index contributed by atoms with van der Waals surface area (Å²) in [6, 6.07) is 5.74. The molecule has 1 rings (SSSR count). The molecular weight excluding hydrogens is 308 g/mol. The fourth-order valence-electron chi connectivity index (χ4n) is 1.90. The molecule has 1 aromatic rings. The van der Waals surface area contributed by atoms with Crippen LogP contribution in [-0.2, 0) is 13.9 Å². The van der Waals surface area contributed by atoms with Crippen LogP contribution in [0.1, 0.15) is 39.7 Å². The van der Waals surface area contributed by atoms with Crippen molar-refractivity contribution >= 4 is 13.5 Å². The highest BCUT2D eigenvalue weighted by molar-refractivity contribution is 7.54. The summed E-state index contributed by atoms with van der Waals surface area (Å²) >= 11 is 0. The minimum atomic E-state index is -4.00. The van der Waals surface area contributed by atoms with Crippen LogP contribution in [0.2, 0.25) is 0 Å². The van der Waals surface area contributed by atoms with Gasteiger partial charge >= 0.3 is 7.60 Å². The van der Waals surface area contributed by atoms with Crippen LogP contribution in [-0.4, -0.2) is 23.1 Å². The number of rotatable bonds is 7. The van der Waals surface area contributed by atoms with Gasteiger partial charge in [0.05, 0.1) is 11.2 Å². The van der Waals surface area contributed by atoms with E-state index in [2.05, 4.69) is 5.16 Å². The second-order valence-electron chi connectivity index (χ2n) is 5.43. The van der Waals surface area contributed by atoms with Crippen LogP contribution in [0, 0.1) is 11.7 Å². The fraction of sp³-hybridized carbons (Fsp3) is 0.533. The minimum Gasteiger partial charge on any atom is -0.402 e. The predicted octanol–water partition coefficient (Wildman–Crippen LogP) is 4.16. The molecule has 0 bridgehead atoms. The number of benzene rings is 1. The average molecular weight is 331 g/mol. The Balaban J connectivity index is 3.05. The molecule has 124 valence electrons. The first-order chi connectivity index (χ1) is 10.3. The number of oxime groups is 1. The third kappa shape index (κ3) is 5.43. The normalized spacial score (nSPS) is 16.2. The van der Waals surface area contributed by atoms with Crippen molar-refractivity contribution in [2.45, 2.75) is 39.8 Å². The SMILES string of the molecule is CCO/N=C(\OP(=O)(O)[C@@H](C)CC(C)C)c1ccccc1F. The lowest BCUT2D eigenvalue weighted by Gasteiger charge is -2.21. The Bertz CT molecular complexity index is 562. The summed E-state index contributed by atoms with van der Waals surface area (Å²) in [5.41, 5.74) is -0.604. The molecule has 7 heteroatoms. The van der Waals surface area contributed by atoms with Crippen LogP contribution < -0.4 is 0 Å². The molecular formula is C15H23FNO4P. The first kappa shape index (κ1) is 18.7. The van der Waals surface area contributed by atoms with Crippen molar-refractivity contribution in [3.63, 3.8) is 0 Å². The standard InChI is InChI=1S/C15H23FNO4P/c1-5-20-17-15(13-8-6-7-9-14(13)16)21-22(18,19)12(4)10-11(2)3/h6-9,11-12H,5,10H2,1-4H3,(H,18,19)/b17-15-/t12-/m0/s1. The maximum Gasteiger partial charge on any atom is 0.380 e. The van der Waals surface area contributed by atoms with Crippen molar-refractivity contribution in [2.75, 3.05) is 6.61 Å². The molecule has 2 atom stereocenters. The molecule has 0 spiro atoms. The lowest BCUT2D eigenvalue weighted by molar-refractivity contribution is 0.152. The topological polar surface area (TPSA) is 68.1 Å². The first-order valence-corrected chi connectivity index (χ1v) is 8.89. The van der Waals surface area contributed by atoms with Gasteiger partial charge in [-0.15, -0.1) is 0 Å². The molecule has 0 aliphatic heterocycles. The summed E-state index contributed by atoms with van der Waals surface area (Å²) < 4.78 is 31.4. The van der Waals surface area contributed by atoms with Gasteiger partial charge in [-0.1, -0.05) is 26.0 Å². The van der Waals surface area contributed by atoms with Crippen molar-refractivity contribution in [1.29, 1.82) is 0 Å². The molecule has 0 aromatic heterocycles. The van der Waals surface area contributed by atoms with Crippen LogP contribution in [0.15, 0.2) is 29.4 Å². The monoisotopic (exact) mass is 331 g/mol. The minimum absolute atomic E-state index is 0.0121. The Kier molecular flexibility index (Phi) is 7.04. The van der Waals surface area contributed by atoms with Crippen LogP contribution in [0.25, 0.3) is 0 Å². The number of hydrogen-bond acceptors (Lipinski definition) is 4. The molecule has 22 heavy (non-hydrogen) atoms. The third-order valence-electron chi connectivity index (χ3n) is 2.97. The Labute approximate surface area is 130 Å². The van der Waals surface area contributed by atoms with Gasteiger partial charge in [0, 0.05) is 0 Å². The molecule has 0 saturated carbocycles. The van der Waals surface area contributed by atoms with E-state index in [1.54, 1.807) is 19.9 Å². The molecule has 0 heterocycles. The molecule has 0 fully saturated rings. The average Bonchev–Trinajstić information content (AvgIpc) is 2.43. The van der Waals surface area contributed by atoms with Gasteiger partial charge in [-0.05, 0) is 43.5 Å². The zero-order chi connectivity index (χ0) is 16.8. The lowest BCUT2D eigenvalue weighted by Crippen LogP contribution is -2.15. The van der Waals surface area contributed by atoms with Crippen molar-refractivity contribution < 1.29 is 23.2 Å². The molecule has 0 radical (unpaired) electrons. The van der Waals surface area contributed by atoms with Gasteiger partial charge in [0.15, 0.2) is 0 Å². The highest BCUT2D eigenvalue weighted by Crippen LogP contribution is 2.50. The highest BCUT2D eigenvalue weighted by Gasteiger charge is 2.33. The van der Waals surface area contributed by atoms with E-state index in [1.807, 2.05) is 13.8 Å². The largest absolute Gasteiger partial charge is 0.402 e. The van der Waals surface area contributed by atoms with Gasteiger partial charge < -0.3 is 14.3 Å². The second-order valence-corrected chi connectivity index (χ2v) is 7.62. The van der Waals surface area contributed by atoms with Crippen LogP contribution in [0.4, 0.5) is 4.39 Å². The smallest absolute Gasteiger partial charge is 0.380 e. The number of halogens is 1. The van der Waals surface area contributed by atoms with Crippen LogP contribution in [0.3, 0.4) is 0 Å². The number of nitrogens with zero attached hydrogens (tertiary/aromatic N) is 1. The molecule has 5 nitrogen and oxygen atoms in total. The summed E-state index contributed by atoms with van der Waals surface area (Å²) in [6.07, 6.45) is 0.507. The zero-order valence-electron chi connectivity index (χ0n) is 13.3. The van der Waals surface area contributed by atoms with E-state index < -0.39 is 19.1 Å². The maximum atomic E-state index is 13.9. The van der Waals surface area contributed by atoms with Crippen LogP contribution >= 0.6 is 7.60 Å². The molecule has 0 aliphatic rings. The van der Waals surface area contributed by atoms with Crippen molar-refractivity contribution in [3.8, 4) is 0 Å². The Morgan fingerprint density at radius 1 is 1.36 bits per heavy atom. The summed E-state index contributed by atoms with van der Waals surface area (Å²) in [7, 11) is -4.00. The number of hydrogen-bond donors (Lipinski definition) is 1. The fourth-order valence-corrected chi connectivity index (χ4v) is 3.15. The second kappa shape index (κ2) is 8.30. The molecule has 1 aromatic carbocycles. The molecule has 1 unspecified atom stereocenters. The van der Waals surface area contributed by atoms with Crippen molar-refractivity contribution in [3.05, 3.63) is 35.6 Å². The van der Waals surface area contributed by atoms with E-state index in [0.29, 0.717) is 6.42 Å². The van der Waals surface area contributed by atoms with E-state index in [4.69, 9.17) is 9.36 Å². The third-order valence-corrected chi connectivity index (χ3v) is 4.73. The Morgan fingerprint density at radius 2 is 2.00 bits per heavy atom. The van der Waals surface area contributed by atoms with Gasteiger partial charge in [0.2, 0.25) is 0 Å². The first-order valence-electron chi connectivity index (χ1n) is 7.24. The molecule has 0 amide bonds. The van der Waals surface area contributed by atoms with Gasteiger partial charge in [-0.3, -0.25) is 0 Å². The van der Waals surface area contributed by atoms with Gasteiger partial charge in [0.1, 0.15) is 12.4 Å². The molecule has 1 N–H and O–H groups in total. The van der Waals surface area contributed by atoms with Crippen molar-refractivity contribution in [2.24, 2.45) is 11.1 Å². The Morgan fingerprint density at radius 3 is 2.55 bits per heavy atom.